The van der Waals surface area contributed by atoms with E-state index in [0.717, 1.165) is 32.6 Å². The average Bonchev–Trinajstić information content (AvgIpc) is 2.64. The Balaban J connectivity index is 2.26. The number of aryl methyl sites for hydroxylation is 2. The maximum atomic E-state index is 6.21. The van der Waals surface area contributed by atoms with Crippen molar-refractivity contribution in [1.29, 1.82) is 0 Å². The number of aromatic nitrogens is 2. The Morgan fingerprint density at radius 3 is 2.40 bits per heavy atom. The van der Waals surface area contributed by atoms with Gasteiger partial charge in [-0.25, -0.2) is 0 Å². The molecule has 0 aliphatic carbocycles. The van der Waals surface area contributed by atoms with Gasteiger partial charge in [0.2, 0.25) is 0 Å². The fraction of sp³-hybridized carbons (Fsp3) is 0.308. The molecule has 108 valence electrons. The first-order chi connectivity index (χ1) is 9.43. The van der Waals surface area contributed by atoms with Crippen LogP contribution >= 0.6 is 55.1 Å². The Morgan fingerprint density at radius 2 is 1.85 bits per heavy atom. The molecule has 1 aromatic heterocycles. The van der Waals surface area contributed by atoms with Crippen LogP contribution in [-0.2, 0) is 13.1 Å². The van der Waals surface area contributed by atoms with Crippen LogP contribution in [0.2, 0.25) is 10.0 Å². The van der Waals surface area contributed by atoms with Gasteiger partial charge in [-0.15, -0.1) is 0 Å². The predicted octanol–water partition coefficient (Wildman–Crippen LogP) is 5.66. The van der Waals surface area contributed by atoms with Gasteiger partial charge in [0.25, 0.3) is 0 Å². The SMILES string of the molecule is CCn1nc(C)c(Br)c1CNc1c(Cl)cc(Br)cc1Cl. The first-order valence-corrected chi connectivity index (χ1v) is 8.38. The van der Waals surface area contributed by atoms with E-state index in [4.69, 9.17) is 23.2 Å². The topological polar surface area (TPSA) is 29.9 Å². The van der Waals surface area contributed by atoms with E-state index in [9.17, 15) is 0 Å². The van der Waals surface area contributed by atoms with Gasteiger partial charge in [0, 0.05) is 11.0 Å². The molecule has 0 bridgehead atoms. The molecule has 1 N–H and O–H groups in total. The highest BCUT2D eigenvalue weighted by Crippen LogP contribution is 2.34. The summed E-state index contributed by atoms with van der Waals surface area (Å²) in [6.07, 6.45) is 0. The molecule has 0 atom stereocenters. The van der Waals surface area contributed by atoms with Gasteiger partial charge in [0.1, 0.15) is 0 Å². The summed E-state index contributed by atoms with van der Waals surface area (Å²) in [5, 5.41) is 8.90. The molecule has 0 spiro atoms. The smallest absolute Gasteiger partial charge is 0.0739 e. The number of nitrogens with one attached hydrogen (secondary N) is 1. The van der Waals surface area contributed by atoms with Crippen LogP contribution in [0.1, 0.15) is 18.3 Å². The largest absolute Gasteiger partial charge is 0.377 e. The molecule has 3 nitrogen and oxygen atoms in total. The van der Waals surface area contributed by atoms with Gasteiger partial charge in [-0.3, -0.25) is 4.68 Å². The molecule has 0 aliphatic rings. The zero-order valence-corrected chi connectivity index (χ0v) is 15.7. The first kappa shape index (κ1) is 16.1. The van der Waals surface area contributed by atoms with E-state index < -0.39 is 0 Å². The quantitative estimate of drug-likeness (QED) is 0.663. The van der Waals surface area contributed by atoms with Crippen LogP contribution < -0.4 is 5.32 Å². The average molecular weight is 442 g/mol. The molecular weight excluding hydrogens is 429 g/mol. The number of nitrogens with zero attached hydrogens (tertiary/aromatic N) is 2. The van der Waals surface area contributed by atoms with Gasteiger partial charge in [0.15, 0.2) is 0 Å². The Hall–Kier alpha value is -0.230. The van der Waals surface area contributed by atoms with Gasteiger partial charge in [0.05, 0.1) is 38.1 Å². The van der Waals surface area contributed by atoms with E-state index in [1.165, 1.54) is 0 Å². The summed E-state index contributed by atoms with van der Waals surface area (Å²) in [7, 11) is 0. The molecule has 0 fully saturated rings. The minimum Gasteiger partial charge on any atom is -0.377 e. The van der Waals surface area contributed by atoms with Gasteiger partial charge in [-0.05, 0) is 41.9 Å². The van der Waals surface area contributed by atoms with E-state index in [0.29, 0.717) is 16.6 Å². The number of hydrogen-bond acceptors (Lipinski definition) is 2. The minimum absolute atomic E-state index is 0.583. The molecule has 0 unspecified atom stereocenters. The lowest BCUT2D eigenvalue weighted by Crippen LogP contribution is -2.09. The summed E-state index contributed by atoms with van der Waals surface area (Å²) < 4.78 is 3.82. The predicted molar refractivity (Wildman–Crippen MR) is 91.8 cm³/mol. The summed E-state index contributed by atoms with van der Waals surface area (Å²) in [4.78, 5) is 0. The van der Waals surface area contributed by atoms with Crippen LogP contribution in [0.5, 0.6) is 0 Å². The third-order valence-corrected chi connectivity index (χ3v) is 4.98. The monoisotopic (exact) mass is 439 g/mol. The maximum absolute atomic E-state index is 6.21. The summed E-state index contributed by atoms with van der Waals surface area (Å²) in [5.41, 5.74) is 2.77. The molecule has 1 heterocycles. The highest BCUT2D eigenvalue weighted by molar-refractivity contribution is 9.10. The van der Waals surface area contributed by atoms with Crippen molar-refractivity contribution in [2.75, 3.05) is 5.32 Å². The second-order valence-corrected chi connectivity index (χ2v) is 6.78. The molecule has 0 radical (unpaired) electrons. The summed E-state index contributed by atoms with van der Waals surface area (Å²) >= 11 is 19.3. The van der Waals surface area contributed by atoms with E-state index in [1.54, 1.807) is 0 Å². The van der Waals surface area contributed by atoms with Crippen molar-refractivity contribution in [3.05, 3.63) is 42.5 Å². The molecule has 0 saturated carbocycles. The second-order valence-electron chi connectivity index (χ2n) is 4.26. The van der Waals surface area contributed by atoms with Crippen molar-refractivity contribution in [1.82, 2.24) is 9.78 Å². The highest BCUT2D eigenvalue weighted by atomic mass is 79.9. The van der Waals surface area contributed by atoms with E-state index >= 15 is 0 Å². The lowest BCUT2D eigenvalue weighted by atomic mass is 10.3. The zero-order valence-electron chi connectivity index (χ0n) is 11.0. The van der Waals surface area contributed by atoms with Gasteiger partial charge in [-0.2, -0.15) is 5.10 Å². The van der Waals surface area contributed by atoms with Crippen molar-refractivity contribution >= 4 is 60.7 Å². The van der Waals surface area contributed by atoms with Gasteiger partial charge in [-0.1, -0.05) is 39.1 Å². The second kappa shape index (κ2) is 6.69. The van der Waals surface area contributed by atoms with Crippen molar-refractivity contribution in [3.63, 3.8) is 0 Å². The van der Waals surface area contributed by atoms with Crippen LogP contribution in [0.25, 0.3) is 0 Å². The third-order valence-electron chi connectivity index (χ3n) is 2.89. The lowest BCUT2D eigenvalue weighted by Gasteiger charge is -2.12. The lowest BCUT2D eigenvalue weighted by molar-refractivity contribution is 0.622. The summed E-state index contributed by atoms with van der Waals surface area (Å²) in [6.45, 7) is 5.43. The fourth-order valence-corrected chi connectivity index (χ4v) is 3.69. The highest BCUT2D eigenvalue weighted by Gasteiger charge is 2.13. The van der Waals surface area contributed by atoms with E-state index in [2.05, 4.69) is 49.2 Å². The number of hydrogen-bond donors (Lipinski definition) is 1. The first-order valence-electron chi connectivity index (χ1n) is 6.04. The van der Waals surface area contributed by atoms with Gasteiger partial charge >= 0.3 is 0 Å². The molecule has 0 saturated heterocycles. The fourth-order valence-electron chi connectivity index (χ4n) is 1.92. The number of halogens is 4. The molecule has 1 aromatic carbocycles. The molecule has 20 heavy (non-hydrogen) atoms. The van der Waals surface area contributed by atoms with Crippen LogP contribution in [0.15, 0.2) is 21.1 Å². The Labute approximate surface area is 144 Å². The van der Waals surface area contributed by atoms with Crippen LogP contribution in [0, 0.1) is 6.92 Å². The summed E-state index contributed by atoms with van der Waals surface area (Å²) in [5.74, 6) is 0. The van der Waals surface area contributed by atoms with Crippen molar-refractivity contribution < 1.29 is 0 Å². The minimum atomic E-state index is 0.583. The standard InChI is InChI=1S/C13H13Br2Cl2N3/c1-3-20-11(12(15)7(2)19-20)6-18-13-9(16)4-8(14)5-10(13)17/h4-5,18H,3,6H2,1-2H3. The number of rotatable bonds is 4. The van der Waals surface area contributed by atoms with Crippen LogP contribution in [0.3, 0.4) is 0 Å². The van der Waals surface area contributed by atoms with E-state index in [-0.39, 0.29) is 0 Å². The molecule has 0 amide bonds. The third kappa shape index (κ3) is 3.32. The summed E-state index contributed by atoms with van der Waals surface area (Å²) in [6, 6.07) is 3.63. The molecular formula is C13H13Br2Cl2N3. The van der Waals surface area contributed by atoms with Gasteiger partial charge < -0.3 is 5.32 Å². The number of anilines is 1. The molecule has 0 aliphatic heterocycles. The van der Waals surface area contributed by atoms with Crippen LogP contribution in [0.4, 0.5) is 5.69 Å². The van der Waals surface area contributed by atoms with Crippen LogP contribution in [-0.4, -0.2) is 9.78 Å². The Bertz CT molecular complexity index is 618. The Kier molecular flexibility index (Phi) is 5.40. The van der Waals surface area contributed by atoms with Crippen molar-refractivity contribution in [2.45, 2.75) is 26.9 Å². The molecule has 2 aromatic rings. The molecule has 2 rings (SSSR count). The maximum Gasteiger partial charge on any atom is 0.0739 e. The zero-order chi connectivity index (χ0) is 14.9. The van der Waals surface area contributed by atoms with Crippen molar-refractivity contribution in [2.24, 2.45) is 0 Å². The van der Waals surface area contributed by atoms with E-state index in [1.807, 2.05) is 23.7 Å². The van der Waals surface area contributed by atoms with Crippen molar-refractivity contribution in [3.8, 4) is 0 Å². The Morgan fingerprint density at radius 1 is 1.25 bits per heavy atom. The molecule has 7 heteroatoms. The normalized spacial score (nSPS) is 10.9. The number of benzene rings is 1.